The lowest BCUT2D eigenvalue weighted by molar-refractivity contribution is 0.0600. The molecule has 0 radical (unpaired) electrons. The van der Waals surface area contributed by atoms with Crippen molar-refractivity contribution < 1.29 is 14.3 Å². The molecule has 0 aliphatic carbocycles. The average molecular weight is 327 g/mol. The van der Waals surface area contributed by atoms with Gasteiger partial charge in [-0.25, -0.2) is 9.78 Å². The minimum absolute atomic E-state index is 0.234. The molecule has 126 valence electrons. The Kier molecular flexibility index (Phi) is 6.31. The molecule has 24 heavy (non-hydrogen) atoms. The van der Waals surface area contributed by atoms with Crippen LogP contribution in [0, 0.1) is 0 Å². The molecule has 0 fully saturated rings. The zero-order valence-corrected chi connectivity index (χ0v) is 13.8. The lowest BCUT2D eigenvalue weighted by atomic mass is 10.2. The fraction of sp³-hybridized carbons (Fsp3) is 0.278. The number of unbranched alkanes of at least 4 members (excludes halogenated alkanes) is 1. The van der Waals surface area contributed by atoms with Crippen molar-refractivity contribution in [3.63, 3.8) is 0 Å². The summed E-state index contributed by atoms with van der Waals surface area (Å²) < 4.78 is 4.64. The molecule has 1 amide bonds. The van der Waals surface area contributed by atoms with Crippen LogP contribution in [0.5, 0.6) is 0 Å². The first-order chi connectivity index (χ1) is 11.6. The monoisotopic (exact) mass is 327 g/mol. The van der Waals surface area contributed by atoms with E-state index in [1.165, 1.54) is 7.11 Å². The fourth-order valence-corrected chi connectivity index (χ4v) is 2.07. The number of esters is 1. The highest BCUT2D eigenvalue weighted by atomic mass is 16.5. The van der Waals surface area contributed by atoms with E-state index in [-0.39, 0.29) is 5.91 Å². The van der Waals surface area contributed by atoms with Gasteiger partial charge < -0.3 is 15.4 Å². The summed E-state index contributed by atoms with van der Waals surface area (Å²) in [4.78, 5) is 27.9. The first kappa shape index (κ1) is 17.5. The fourth-order valence-electron chi connectivity index (χ4n) is 2.07. The van der Waals surface area contributed by atoms with Gasteiger partial charge in [-0.2, -0.15) is 0 Å². The van der Waals surface area contributed by atoms with Gasteiger partial charge in [0.25, 0.3) is 5.91 Å². The van der Waals surface area contributed by atoms with Crippen LogP contribution in [0.15, 0.2) is 42.6 Å². The number of hydrogen-bond donors (Lipinski definition) is 2. The Bertz CT molecular complexity index is 699. The van der Waals surface area contributed by atoms with E-state index in [4.69, 9.17) is 0 Å². The second-order valence-electron chi connectivity index (χ2n) is 5.23. The molecule has 0 unspecified atom stereocenters. The van der Waals surface area contributed by atoms with Gasteiger partial charge in [0.1, 0.15) is 5.82 Å². The maximum atomic E-state index is 12.3. The molecule has 2 aromatic rings. The second kappa shape index (κ2) is 8.67. The van der Waals surface area contributed by atoms with Gasteiger partial charge in [0.05, 0.1) is 12.7 Å². The van der Waals surface area contributed by atoms with E-state index in [0.29, 0.717) is 22.6 Å². The van der Waals surface area contributed by atoms with Crippen LogP contribution >= 0.6 is 0 Å². The minimum atomic E-state index is -0.412. The quantitative estimate of drug-likeness (QED) is 0.602. The van der Waals surface area contributed by atoms with E-state index in [9.17, 15) is 9.59 Å². The number of amides is 1. The summed E-state index contributed by atoms with van der Waals surface area (Å²) in [6.45, 7) is 2.94. The highest BCUT2D eigenvalue weighted by molar-refractivity contribution is 6.04. The van der Waals surface area contributed by atoms with Crippen LogP contribution in [0.2, 0.25) is 0 Å². The lowest BCUT2D eigenvalue weighted by Gasteiger charge is -2.08. The second-order valence-corrected chi connectivity index (χ2v) is 5.23. The molecule has 0 saturated carbocycles. The van der Waals surface area contributed by atoms with Crippen molar-refractivity contribution in [2.75, 3.05) is 24.3 Å². The number of benzene rings is 1. The van der Waals surface area contributed by atoms with Crippen LogP contribution in [0.25, 0.3) is 0 Å². The van der Waals surface area contributed by atoms with Crippen LogP contribution < -0.4 is 10.6 Å². The molecular weight excluding hydrogens is 306 g/mol. The summed E-state index contributed by atoms with van der Waals surface area (Å²) in [6, 6.07) is 9.89. The van der Waals surface area contributed by atoms with Crippen molar-refractivity contribution in [2.45, 2.75) is 19.8 Å². The molecule has 1 aromatic carbocycles. The number of nitrogens with zero attached hydrogens (tertiary/aromatic N) is 1. The first-order valence-electron chi connectivity index (χ1n) is 7.83. The predicted octanol–water partition coefficient (Wildman–Crippen LogP) is 3.33. The standard InChI is InChI=1S/C18H21N3O3/c1-3-4-10-19-16-12-14(9-11-20-16)17(22)21-15-7-5-13(6-8-15)18(23)24-2/h5-9,11-12H,3-4,10H2,1-2H3,(H,19,20)(H,21,22). The molecular formula is C18H21N3O3. The van der Waals surface area contributed by atoms with Crippen molar-refractivity contribution in [3.8, 4) is 0 Å². The molecule has 2 N–H and O–H groups in total. The van der Waals surface area contributed by atoms with Gasteiger partial charge in [0, 0.05) is 24.0 Å². The highest BCUT2D eigenvalue weighted by Gasteiger charge is 2.09. The third-order valence-electron chi connectivity index (χ3n) is 3.42. The molecule has 0 saturated heterocycles. The summed E-state index contributed by atoms with van der Waals surface area (Å²) in [5.41, 5.74) is 1.55. The van der Waals surface area contributed by atoms with Crippen molar-refractivity contribution in [1.29, 1.82) is 0 Å². The van der Waals surface area contributed by atoms with Crippen LogP contribution in [-0.4, -0.2) is 30.5 Å². The Morgan fingerprint density at radius 1 is 1.12 bits per heavy atom. The smallest absolute Gasteiger partial charge is 0.337 e. The molecule has 0 bridgehead atoms. The van der Waals surface area contributed by atoms with E-state index in [1.807, 2.05) is 0 Å². The maximum absolute atomic E-state index is 12.3. The topological polar surface area (TPSA) is 80.3 Å². The van der Waals surface area contributed by atoms with Gasteiger partial charge in [-0.15, -0.1) is 0 Å². The molecule has 6 heteroatoms. The van der Waals surface area contributed by atoms with Gasteiger partial charge in [-0.1, -0.05) is 13.3 Å². The first-order valence-corrected chi connectivity index (χ1v) is 7.83. The van der Waals surface area contributed by atoms with Gasteiger partial charge in [0.15, 0.2) is 0 Å². The van der Waals surface area contributed by atoms with E-state index in [1.54, 1.807) is 42.6 Å². The predicted molar refractivity (Wildman–Crippen MR) is 93.4 cm³/mol. The Morgan fingerprint density at radius 2 is 1.88 bits per heavy atom. The lowest BCUT2D eigenvalue weighted by Crippen LogP contribution is -2.13. The van der Waals surface area contributed by atoms with Crippen LogP contribution in [0.4, 0.5) is 11.5 Å². The largest absolute Gasteiger partial charge is 0.465 e. The molecule has 1 aromatic heterocycles. The third kappa shape index (κ3) is 4.81. The van der Waals surface area contributed by atoms with Gasteiger partial charge in [0.2, 0.25) is 0 Å². The van der Waals surface area contributed by atoms with Gasteiger partial charge >= 0.3 is 5.97 Å². The van der Waals surface area contributed by atoms with Crippen LogP contribution in [-0.2, 0) is 4.74 Å². The Balaban J connectivity index is 2.01. The van der Waals surface area contributed by atoms with E-state index < -0.39 is 5.97 Å². The summed E-state index contributed by atoms with van der Waals surface area (Å²) in [5.74, 6) is 0.0312. The van der Waals surface area contributed by atoms with Crippen LogP contribution in [0.1, 0.15) is 40.5 Å². The number of ether oxygens (including phenoxy) is 1. The number of aromatic nitrogens is 1. The van der Waals surface area contributed by atoms with Gasteiger partial charge in [-0.05, 0) is 42.8 Å². The molecule has 2 rings (SSSR count). The van der Waals surface area contributed by atoms with Crippen LogP contribution in [0.3, 0.4) is 0 Å². The highest BCUT2D eigenvalue weighted by Crippen LogP contribution is 2.13. The Labute approximate surface area is 141 Å². The van der Waals surface area contributed by atoms with E-state index in [0.717, 1.165) is 19.4 Å². The summed E-state index contributed by atoms with van der Waals surface area (Å²) >= 11 is 0. The van der Waals surface area contributed by atoms with Crippen molar-refractivity contribution >= 4 is 23.4 Å². The zero-order valence-electron chi connectivity index (χ0n) is 13.8. The average Bonchev–Trinajstić information content (AvgIpc) is 2.62. The van der Waals surface area contributed by atoms with Gasteiger partial charge in [-0.3, -0.25) is 4.79 Å². The number of hydrogen-bond acceptors (Lipinski definition) is 5. The Morgan fingerprint density at radius 3 is 2.54 bits per heavy atom. The zero-order chi connectivity index (χ0) is 17.4. The third-order valence-corrected chi connectivity index (χ3v) is 3.42. The van der Waals surface area contributed by atoms with E-state index in [2.05, 4.69) is 27.3 Å². The maximum Gasteiger partial charge on any atom is 0.337 e. The molecule has 1 heterocycles. The molecule has 0 atom stereocenters. The summed E-state index contributed by atoms with van der Waals surface area (Å²) in [7, 11) is 1.33. The number of pyridine rings is 1. The molecule has 0 aliphatic rings. The molecule has 0 aliphatic heterocycles. The molecule has 0 spiro atoms. The number of carbonyl (C=O) groups is 2. The summed E-state index contributed by atoms with van der Waals surface area (Å²) in [5, 5.41) is 5.98. The number of anilines is 2. The minimum Gasteiger partial charge on any atom is -0.465 e. The number of rotatable bonds is 7. The van der Waals surface area contributed by atoms with E-state index >= 15 is 0 Å². The number of nitrogens with one attached hydrogen (secondary N) is 2. The van der Waals surface area contributed by atoms with Crippen molar-refractivity contribution in [2.24, 2.45) is 0 Å². The normalized spacial score (nSPS) is 10.1. The number of carbonyl (C=O) groups excluding carboxylic acids is 2. The SMILES string of the molecule is CCCCNc1cc(C(=O)Nc2ccc(C(=O)OC)cc2)ccn1. The van der Waals surface area contributed by atoms with Crippen molar-refractivity contribution in [3.05, 3.63) is 53.7 Å². The number of methoxy groups -OCH3 is 1. The molecule has 6 nitrogen and oxygen atoms in total. The van der Waals surface area contributed by atoms with Crippen molar-refractivity contribution in [1.82, 2.24) is 4.98 Å². The Hall–Kier alpha value is -2.89. The summed E-state index contributed by atoms with van der Waals surface area (Å²) in [6.07, 6.45) is 3.74.